The normalized spacial score (nSPS) is 43.0. The molecule has 0 aromatic heterocycles. The van der Waals surface area contributed by atoms with Gasteiger partial charge in [0.2, 0.25) is 0 Å². The molecule has 2 rings (SSSR count). The van der Waals surface area contributed by atoms with Crippen molar-refractivity contribution < 1.29 is 0 Å². The third-order valence-electron chi connectivity index (χ3n) is 5.02. The van der Waals surface area contributed by atoms with E-state index in [4.69, 9.17) is 0 Å². The minimum absolute atomic E-state index is 0.735. The lowest BCUT2D eigenvalue weighted by molar-refractivity contribution is 0.112. The first-order valence-corrected chi connectivity index (χ1v) is 8.88. The highest BCUT2D eigenvalue weighted by atomic mass is 32.2. The number of thioether (sulfide) groups is 1. The van der Waals surface area contributed by atoms with Gasteiger partial charge in [0.25, 0.3) is 0 Å². The Balaban J connectivity index is 1.84. The molecule has 5 unspecified atom stereocenters. The van der Waals surface area contributed by atoms with Gasteiger partial charge in [0.15, 0.2) is 0 Å². The molecule has 0 bridgehead atoms. The first kappa shape index (κ1) is 14.7. The molecule has 1 heterocycles. The van der Waals surface area contributed by atoms with E-state index in [1.165, 1.54) is 38.6 Å². The van der Waals surface area contributed by atoms with Crippen LogP contribution < -0.4 is 5.32 Å². The van der Waals surface area contributed by atoms with Crippen LogP contribution in [0.25, 0.3) is 0 Å². The van der Waals surface area contributed by atoms with E-state index in [0.717, 1.165) is 29.3 Å². The second-order valence-corrected chi connectivity index (χ2v) is 7.63. The van der Waals surface area contributed by atoms with Crippen molar-refractivity contribution in [3.63, 3.8) is 0 Å². The van der Waals surface area contributed by atoms with Crippen molar-refractivity contribution in [2.75, 3.05) is 19.8 Å². The van der Waals surface area contributed by atoms with Crippen molar-refractivity contribution in [1.29, 1.82) is 0 Å². The molecule has 1 aliphatic carbocycles. The Bertz CT molecular complexity index is 259. The van der Waals surface area contributed by atoms with Crippen LogP contribution in [0.3, 0.4) is 0 Å². The zero-order chi connectivity index (χ0) is 13.1. The minimum Gasteiger partial charge on any atom is -0.311 e. The predicted octanol–water partition coefficient (Wildman–Crippen LogP) is 2.98. The van der Waals surface area contributed by atoms with Crippen LogP contribution in [0.15, 0.2) is 0 Å². The standard InChI is InChI=1S/C15H30N2S/c1-11-10-17(3)12(2)8-15(11)16-13-6-5-7-14(9-13)18-4/h11-16H,5-10H2,1-4H3. The van der Waals surface area contributed by atoms with Gasteiger partial charge in [-0.2, -0.15) is 11.8 Å². The van der Waals surface area contributed by atoms with Crippen LogP contribution in [0.4, 0.5) is 0 Å². The SMILES string of the molecule is CSC1CCCC(NC2CC(C)N(C)CC2C)C1. The molecule has 0 aromatic rings. The monoisotopic (exact) mass is 270 g/mol. The third-order valence-corrected chi connectivity index (χ3v) is 6.11. The molecule has 1 aliphatic heterocycles. The highest BCUT2D eigenvalue weighted by Crippen LogP contribution is 2.29. The fourth-order valence-corrected chi connectivity index (χ4v) is 4.41. The van der Waals surface area contributed by atoms with E-state index in [-0.39, 0.29) is 0 Å². The maximum Gasteiger partial charge on any atom is 0.0122 e. The molecule has 0 amide bonds. The number of hydrogen-bond acceptors (Lipinski definition) is 3. The van der Waals surface area contributed by atoms with Gasteiger partial charge in [-0.15, -0.1) is 0 Å². The maximum absolute atomic E-state index is 3.98. The Morgan fingerprint density at radius 1 is 1.17 bits per heavy atom. The van der Waals surface area contributed by atoms with Gasteiger partial charge in [-0.1, -0.05) is 13.3 Å². The van der Waals surface area contributed by atoms with E-state index in [0.29, 0.717) is 0 Å². The Hall–Kier alpha value is 0.270. The molecule has 2 aliphatic rings. The number of rotatable bonds is 3. The average molecular weight is 270 g/mol. The number of nitrogens with one attached hydrogen (secondary N) is 1. The summed E-state index contributed by atoms with van der Waals surface area (Å²) in [6.45, 7) is 6.03. The lowest BCUT2D eigenvalue weighted by Crippen LogP contribution is -2.54. The van der Waals surface area contributed by atoms with Crippen LogP contribution in [-0.2, 0) is 0 Å². The van der Waals surface area contributed by atoms with Gasteiger partial charge in [-0.05, 0) is 51.8 Å². The molecule has 1 N–H and O–H groups in total. The van der Waals surface area contributed by atoms with Crippen molar-refractivity contribution in [1.82, 2.24) is 10.2 Å². The van der Waals surface area contributed by atoms with Crippen molar-refractivity contribution in [2.45, 2.75) is 69.3 Å². The molecule has 0 radical (unpaired) electrons. The summed E-state index contributed by atoms with van der Waals surface area (Å²) >= 11 is 2.07. The van der Waals surface area contributed by atoms with E-state index in [9.17, 15) is 0 Å². The molecular formula is C15H30N2S. The van der Waals surface area contributed by atoms with Crippen molar-refractivity contribution >= 4 is 11.8 Å². The molecule has 18 heavy (non-hydrogen) atoms. The third kappa shape index (κ3) is 3.64. The fraction of sp³-hybridized carbons (Fsp3) is 1.00. The molecule has 106 valence electrons. The highest BCUT2D eigenvalue weighted by Gasteiger charge is 2.31. The zero-order valence-corrected chi connectivity index (χ0v) is 13.3. The average Bonchev–Trinajstić information content (AvgIpc) is 2.36. The molecule has 2 nitrogen and oxygen atoms in total. The van der Waals surface area contributed by atoms with E-state index in [1.807, 2.05) is 0 Å². The summed E-state index contributed by atoms with van der Waals surface area (Å²) < 4.78 is 0. The topological polar surface area (TPSA) is 15.3 Å². The van der Waals surface area contributed by atoms with Gasteiger partial charge < -0.3 is 10.2 Å². The molecule has 5 atom stereocenters. The van der Waals surface area contributed by atoms with Gasteiger partial charge in [0, 0.05) is 29.9 Å². The Kier molecular flexibility index (Phi) is 5.40. The lowest BCUT2D eigenvalue weighted by Gasteiger charge is -2.42. The smallest absolute Gasteiger partial charge is 0.0122 e. The van der Waals surface area contributed by atoms with Gasteiger partial charge in [-0.25, -0.2) is 0 Å². The van der Waals surface area contributed by atoms with Crippen LogP contribution in [0, 0.1) is 5.92 Å². The lowest BCUT2D eigenvalue weighted by atomic mass is 9.87. The van der Waals surface area contributed by atoms with Crippen molar-refractivity contribution in [3.8, 4) is 0 Å². The molecule has 1 saturated carbocycles. The van der Waals surface area contributed by atoms with Gasteiger partial charge >= 0.3 is 0 Å². The summed E-state index contributed by atoms with van der Waals surface area (Å²) in [5.41, 5.74) is 0. The van der Waals surface area contributed by atoms with E-state index >= 15 is 0 Å². The fourth-order valence-electron chi connectivity index (χ4n) is 3.59. The molecule has 0 aromatic carbocycles. The molecule has 0 spiro atoms. The molecular weight excluding hydrogens is 240 g/mol. The predicted molar refractivity (Wildman–Crippen MR) is 82.4 cm³/mol. The van der Waals surface area contributed by atoms with E-state index in [2.05, 4.69) is 49.1 Å². The summed E-state index contributed by atoms with van der Waals surface area (Å²) in [7, 11) is 2.27. The largest absolute Gasteiger partial charge is 0.311 e. The summed E-state index contributed by atoms with van der Waals surface area (Å²) in [6.07, 6.45) is 9.21. The molecule has 1 saturated heterocycles. The van der Waals surface area contributed by atoms with E-state index < -0.39 is 0 Å². The summed E-state index contributed by atoms with van der Waals surface area (Å²) in [5, 5.41) is 4.88. The van der Waals surface area contributed by atoms with Gasteiger partial charge in [0.05, 0.1) is 0 Å². The highest BCUT2D eigenvalue weighted by molar-refractivity contribution is 7.99. The Morgan fingerprint density at radius 3 is 2.67 bits per heavy atom. The number of piperidine rings is 1. The molecule has 2 fully saturated rings. The first-order valence-electron chi connectivity index (χ1n) is 7.59. The van der Waals surface area contributed by atoms with Gasteiger partial charge in [0.1, 0.15) is 0 Å². The quantitative estimate of drug-likeness (QED) is 0.849. The number of nitrogens with zero attached hydrogens (tertiary/aromatic N) is 1. The summed E-state index contributed by atoms with van der Waals surface area (Å²) in [4.78, 5) is 2.51. The number of likely N-dealkylation sites (tertiary alicyclic amines) is 1. The van der Waals surface area contributed by atoms with Crippen LogP contribution >= 0.6 is 11.8 Å². The number of hydrogen-bond donors (Lipinski definition) is 1. The minimum atomic E-state index is 0.735. The zero-order valence-electron chi connectivity index (χ0n) is 12.5. The van der Waals surface area contributed by atoms with Crippen LogP contribution in [0.5, 0.6) is 0 Å². The van der Waals surface area contributed by atoms with Crippen molar-refractivity contribution in [3.05, 3.63) is 0 Å². The van der Waals surface area contributed by atoms with Crippen LogP contribution in [0.1, 0.15) is 46.0 Å². The van der Waals surface area contributed by atoms with Gasteiger partial charge in [-0.3, -0.25) is 0 Å². The Labute approximate surface area is 117 Å². The maximum atomic E-state index is 3.98. The van der Waals surface area contributed by atoms with Crippen LogP contribution in [0.2, 0.25) is 0 Å². The second-order valence-electron chi connectivity index (χ2n) is 6.50. The summed E-state index contributed by atoms with van der Waals surface area (Å²) in [6, 6.07) is 2.25. The van der Waals surface area contributed by atoms with E-state index in [1.54, 1.807) is 0 Å². The molecule has 3 heteroatoms. The second kappa shape index (κ2) is 6.62. The van der Waals surface area contributed by atoms with Crippen LogP contribution in [-0.4, -0.2) is 48.1 Å². The van der Waals surface area contributed by atoms with Crippen molar-refractivity contribution in [2.24, 2.45) is 5.92 Å². The first-order chi connectivity index (χ1) is 8.60. The summed E-state index contributed by atoms with van der Waals surface area (Å²) in [5.74, 6) is 0.792. The Morgan fingerprint density at radius 2 is 1.94 bits per heavy atom.